The standard InChI is InChI=1S/C18H22N4O2/c19-10-15(8-13-6-7-21-18(13)24)22-11-14(9-16(22)17(20)23)12-4-2-1-3-5-12/h1-5,13-16H,6-9,11H2,(H2,20,23)(H,21,24)/t13-,14?,15-,16?/m0/s1. The van der Waals surface area contributed by atoms with Crippen molar-refractivity contribution in [3.63, 3.8) is 0 Å². The Morgan fingerprint density at radius 3 is 2.75 bits per heavy atom. The number of primary amides is 1. The minimum absolute atomic E-state index is 0.00433. The Bertz CT molecular complexity index is 655. The molecule has 3 N–H and O–H groups in total. The maximum Gasteiger partial charge on any atom is 0.234 e. The van der Waals surface area contributed by atoms with Crippen LogP contribution in [0.5, 0.6) is 0 Å². The van der Waals surface area contributed by atoms with Crippen LogP contribution in [0.4, 0.5) is 0 Å². The van der Waals surface area contributed by atoms with Crippen LogP contribution in [0.3, 0.4) is 0 Å². The van der Waals surface area contributed by atoms with Crippen LogP contribution in [0, 0.1) is 17.2 Å². The number of likely N-dealkylation sites (tertiary alicyclic amines) is 1. The van der Waals surface area contributed by atoms with Gasteiger partial charge in [-0.1, -0.05) is 30.3 Å². The summed E-state index contributed by atoms with van der Waals surface area (Å²) in [6.07, 6.45) is 1.82. The van der Waals surface area contributed by atoms with Crippen molar-refractivity contribution >= 4 is 11.8 Å². The van der Waals surface area contributed by atoms with E-state index in [2.05, 4.69) is 11.4 Å². The molecule has 126 valence electrons. The number of hydrogen-bond acceptors (Lipinski definition) is 4. The molecule has 0 spiro atoms. The molecule has 0 bridgehead atoms. The summed E-state index contributed by atoms with van der Waals surface area (Å²) < 4.78 is 0. The van der Waals surface area contributed by atoms with E-state index in [1.807, 2.05) is 35.2 Å². The number of carbonyl (C=O) groups is 2. The Morgan fingerprint density at radius 1 is 1.42 bits per heavy atom. The maximum absolute atomic E-state index is 11.9. The quantitative estimate of drug-likeness (QED) is 0.834. The van der Waals surface area contributed by atoms with Gasteiger partial charge in [0.25, 0.3) is 0 Å². The van der Waals surface area contributed by atoms with Gasteiger partial charge in [0.2, 0.25) is 11.8 Å². The lowest BCUT2D eigenvalue weighted by Crippen LogP contribution is -2.46. The molecule has 0 radical (unpaired) electrons. The normalized spacial score (nSPS) is 28.3. The van der Waals surface area contributed by atoms with Gasteiger partial charge in [-0.15, -0.1) is 0 Å². The van der Waals surface area contributed by atoms with Gasteiger partial charge in [0.15, 0.2) is 0 Å². The lowest BCUT2D eigenvalue weighted by molar-refractivity contribution is -0.123. The third kappa shape index (κ3) is 3.26. The Kier molecular flexibility index (Phi) is 4.81. The van der Waals surface area contributed by atoms with Crippen LogP contribution in [0.1, 0.15) is 30.7 Å². The van der Waals surface area contributed by atoms with E-state index in [9.17, 15) is 14.9 Å². The first-order chi connectivity index (χ1) is 11.6. The molecule has 1 aromatic rings. The van der Waals surface area contributed by atoms with E-state index in [0.717, 1.165) is 12.0 Å². The number of carbonyl (C=O) groups excluding carboxylic acids is 2. The van der Waals surface area contributed by atoms with Crippen LogP contribution < -0.4 is 11.1 Å². The van der Waals surface area contributed by atoms with Crippen molar-refractivity contribution in [1.82, 2.24) is 10.2 Å². The van der Waals surface area contributed by atoms with Crippen molar-refractivity contribution in [3.05, 3.63) is 35.9 Å². The second kappa shape index (κ2) is 7.02. The third-order valence-electron chi connectivity index (χ3n) is 5.16. The second-order valence-corrected chi connectivity index (χ2v) is 6.62. The van der Waals surface area contributed by atoms with Gasteiger partial charge in [-0.3, -0.25) is 14.5 Å². The van der Waals surface area contributed by atoms with Crippen molar-refractivity contribution in [3.8, 4) is 6.07 Å². The third-order valence-corrected chi connectivity index (χ3v) is 5.16. The predicted octanol–water partition coefficient (Wildman–Crippen LogP) is 0.748. The van der Waals surface area contributed by atoms with Crippen LogP contribution in [-0.4, -0.2) is 41.9 Å². The van der Waals surface area contributed by atoms with Gasteiger partial charge in [-0.25, -0.2) is 0 Å². The fraction of sp³-hybridized carbons (Fsp3) is 0.500. The zero-order valence-corrected chi connectivity index (χ0v) is 13.5. The van der Waals surface area contributed by atoms with Crippen molar-refractivity contribution in [2.45, 2.75) is 37.3 Å². The molecule has 0 aliphatic carbocycles. The average molecular weight is 326 g/mol. The lowest BCUT2D eigenvalue weighted by Gasteiger charge is -2.28. The zero-order valence-electron chi connectivity index (χ0n) is 13.5. The van der Waals surface area contributed by atoms with Crippen LogP contribution in [-0.2, 0) is 9.59 Å². The molecule has 2 amide bonds. The topological polar surface area (TPSA) is 99.2 Å². The van der Waals surface area contributed by atoms with Gasteiger partial charge in [0.05, 0.1) is 18.2 Å². The SMILES string of the molecule is N#C[C@H](C[C@@H]1CCNC1=O)N1CC(c2ccccc2)CC1C(N)=O. The van der Waals surface area contributed by atoms with Crippen molar-refractivity contribution in [1.29, 1.82) is 5.26 Å². The second-order valence-electron chi connectivity index (χ2n) is 6.62. The van der Waals surface area contributed by atoms with Crippen molar-refractivity contribution < 1.29 is 9.59 Å². The minimum atomic E-state index is -0.468. The molecule has 0 saturated carbocycles. The number of hydrogen-bond donors (Lipinski definition) is 2. The highest BCUT2D eigenvalue weighted by Gasteiger charge is 2.41. The summed E-state index contributed by atoms with van der Waals surface area (Å²) in [5.74, 6) is -0.370. The number of nitrogens with one attached hydrogen (secondary N) is 1. The van der Waals surface area contributed by atoms with Gasteiger partial charge in [-0.05, 0) is 30.7 Å². The highest BCUT2D eigenvalue weighted by molar-refractivity contribution is 5.81. The van der Waals surface area contributed by atoms with E-state index in [1.165, 1.54) is 0 Å². The molecule has 3 rings (SSSR count). The molecule has 0 aromatic heterocycles. The molecular weight excluding hydrogens is 304 g/mol. The van der Waals surface area contributed by atoms with Crippen molar-refractivity contribution in [2.75, 3.05) is 13.1 Å². The highest BCUT2D eigenvalue weighted by Crippen LogP contribution is 2.34. The summed E-state index contributed by atoms with van der Waals surface area (Å²) in [7, 11) is 0. The summed E-state index contributed by atoms with van der Waals surface area (Å²) in [5, 5.41) is 12.4. The summed E-state index contributed by atoms with van der Waals surface area (Å²) in [6, 6.07) is 11.3. The first-order valence-electron chi connectivity index (χ1n) is 8.37. The smallest absolute Gasteiger partial charge is 0.234 e. The van der Waals surface area contributed by atoms with E-state index >= 15 is 0 Å². The number of rotatable bonds is 5. The van der Waals surface area contributed by atoms with E-state index in [4.69, 9.17) is 5.73 Å². The lowest BCUT2D eigenvalue weighted by atomic mass is 9.96. The summed E-state index contributed by atoms with van der Waals surface area (Å²) in [4.78, 5) is 25.6. The van der Waals surface area contributed by atoms with Crippen LogP contribution in [0.2, 0.25) is 0 Å². The molecule has 1 aromatic carbocycles. The van der Waals surface area contributed by atoms with Crippen molar-refractivity contribution in [2.24, 2.45) is 11.7 Å². The van der Waals surface area contributed by atoms with Crippen LogP contribution in [0.15, 0.2) is 30.3 Å². The molecule has 6 heteroatoms. The zero-order chi connectivity index (χ0) is 17.1. The van der Waals surface area contributed by atoms with Gasteiger partial charge >= 0.3 is 0 Å². The minimum Gasteiger partial charge on any atom is -0.368 e. The van der Waals surface area contributed by atoms with Gasteiger partial charge < -0.3 is 11.1 Å². The first kappa shape index (κ1) is 16.5. The molecule has 2 fully saturated rings. The molecule has 2 aliphatic rings. The summed E-state index contributed by atoms with van der Waals surface area (Å²) >= 11 is 0. The Labute approximate surface area is 141 Å². The summed E-state index contributed by atoms with van der Waals surface area (Å²) in [6.45, 7) is 1.28. The molecule has 6 nitrogen and oxygen atoms in total. The molecular formula is C18H22N4O2. The fourth-order valence-electron chi connectivity index (χ4n) is 3.85. The number of nitriles is 1. The molecule has 2 saturated heterocycles. The van der Waals surface area contributed by atoms with Gasteiger partial charge in [0.1, 0.15) is 0 Å². The number of nitrogens with zero attached hydrogens (tertiary/aromatic N) is 2. The van der Waals surface area contributed by atoms with Crippen LogP contribution in [0.25, 0.3) is 0 Å². The fourth-order valence-corrected chi connectivity index (χ4v) is 3.85. The Morgan fingerprint density at radius 2 is 2.17 bits per heavy atom. The number of amides is 2. The number of nitrogens with two attached hydrogens (primary N) is 1. The average Bonchev–Trinajstić information content (AvgIpc) is 3.20. The summed E-state index contributed by atoms with van der Waals surface area (Å²) in [5.41, 5.74) is 6.74. The predicted molar refractivity (Wildman–Crippen MR) is 88.6 cm³/mol. The largest absolute Gasteiger partial charge is 0.368 e. The van der Waals surface area contributed by atoms with Gasteiger partial charge in [-0.2, -0.15) is 5.26 Å². The molecule has 2 unspecified atom stereocenters. The Hall–Kier alpha value is -2.39. The first-order valence-corrected chi connectivity index (χ1v) is 8.37. The van der Waals surface area contributed by atoms with E-state index < -0.39 is 18.0 Å². The van der Waals surface area contributed by atoms with Gasteiger partial charge in [0, 0.05) is 19.0 Å². The molecule has 4 atom stereocenters. The van der Waals surface area contributed by atoms with Crippen LogP contribution >= 0.6 is 0 Å². The van der Waals surface area contributed by atoms with E-state index in [1.54, 1.807) is 0 Å². The Balaban J connectivity index is 1.77. The number of benzene rings is 1. The maximum atomic E-state index is 11.9. The molecule has 2 aliphatic heterocycles. The monoisotopic (exact) mass is 326 g/mol. The molecule has 24 heavy (non-hydrogen) atoms. The van der Waals surface area contributed by atoms with E-state index in [0.29, 0.717) is 25.9 Å². The molecule has 2 heterocycles. The van der Waals surface area contributed by atoms with E-state index in [-0.39, 0.29) is 17.7 Å². The highest BCUT2D eigenvalue weighted by atomic mass is 16.2.